The van der Waals surface area contributed by atoms with Crippen LogP contribution in [0.15, 0.2) is 24.4 Å². The topological polar surface area (TPSA) is 48.6 Å². The number of likely N-dealkylation sites (tertiary alicyclic amines) is 1. The summed E-state index contributed by atoms with van der Waals surface area (Å²) in [5, 5.41) is 1.44. The van der Waals surface area contributed by atoms with Gasteiger partial charge in [-0.05, 0) is 43.0 Å². The molecule has 1 N–H and O–H groups in total. The van der Waals surface area contributed by atoms with Crippen molar-refractivity contribution in [3.05, 3.63) is 35.5 Å². The molecule has 2 aromatic rings. The number of benzene rings is 1. The number of likely N-dealkylation sites (N-methyl/N-ethyl adjacent to an activating group) is 1. The van der Waals surface area contributed by atoms with Gasteiger partial charge in [-0.2, -0.15) is 0 Å². The van der Waals surface area contributed by atoms with E-state index in [2.05, 4.69) is 41.3 Å². The lowest BCUT2D eigenvalue weighted by Gasteiger charge is -2.46. The molecule has 5 heteroatoms. The number of nitrogens with one attached hydrogen (secondary N) is 1. The summed E-state index contributed by atoms with van der Waals surface area (Å²) in [5.41, 5.74) is 4.20. The van der Waals surface area contributed by atoms with E-state index in [1.807, 2.05) is 4.90 Å². The Kier molecular flexibility index (Phi) is 3.13. The normalized spacial score (nSPS) is 29.8. The number of aromatic amines is 1. The van der Waals surface area contributed by atoms with E-state index in [9.17, 15) is 4.79 Å². The average Bonchev–Trinajstić information content (AvgIpc) is 3.17. The van der Waals surface area contributed by atoms with Gasteiger partial charge in [0.1, 0.15) is 6.61 Å². The van der Waals surface area contributed by atoms with Gasteiger partial charge in [-0.3, -0.25) is 0 Å². The molecule has 0 spiro atoms. The lowest BCUT2D eigenvalue weighted by atomic mass is 9.72. The second kappa shape index (κ2) is 5.24. The summed E-state index contributed by atoms with van der Waals surface area (Å²) in [7, 11) is 2.24. The number of aromatic nitrogens is 1. The van der Waals surface area contributed by atoms with Crippen LogP contribution in [0.3, 0.4) is 0 Å². The number of nitrogens with zero attached hydrogens (tertiary/aromatic N) is 2. The first kappa shape index (κ1) is 14.3. The predicted octanol–water partition coefficient (Wildman–Crippen LogP) is 2.58. The molecule has 24 heavy (non-hydrogen) atoms. The van der Waals surface area contributed by atoms with E-state index in [4.69, 9.17) is 4.74 Å². The summed E-state index contributed by atoms with van der Waals surface area (Å²) < 4.78 is 5.09. The number of cyclic esters (lactones) is 1. The van der Waals surface area contributed by atoms with Gasteiger partial charge in [0.25, 0.3) is 0 Å². The Bertz CT molecular complexity index is 799. The highest BCUT2D eigenvalue weighted by Crippen LogP contribution is 2.44. The number of rotatable bonds is 2. The zero-order valence-electron chi connectivity index (χ0n) is 14.0. The zero-order valence-corrected chi connectivity index (χ0v) is 14.0. The number of hydrogen-bond donors (Lipinski definition) is 1. The van der Waals surface area contributed by atoms with E-state index in [0.717, 1.165) is 32.5 Å². The Balaban J connectivity index is 1.46. The van der Waals surface area contributed by atoms with E-state index in [-0.39, 0.29) is 6.09 Å². The van der Waals surface area contributed by atoms with Crippen LogP contribution < -0.4 is 0 Å². The molecule has 3 aliphatic rings. The number of H-pyrrole nitrogens is 1. The number of carbonyl (C=O) groups is 1. The van der Waals surface area contributed by atoms with Crippen molar-refractivity contribution in [1.82, 2.24) is 14.8 Å². The highest BCUT2D eigenvalue weighted by molar-refractivity contribution is 5.88. The minimum atomic E-state index is -0.140. The van der Waals surface area contributed by atoms with Crippen LogP contribution in [-0.4, -0.2) is 60.2 Å². The molecule has 0 saturated carbocycles. The van der Waals surface area contributed by atoms with Crippen molar-refractivity contribution >= 4 is 17.0 Å². The van der Waals surface area contributed by atoms with Gasteiger partial charge in [-0.1, -0.05) is 12.1 Å². The van der Waals surface area contributed by atoms with Crippen LogP contribution in [0.1, 0.15) is 23.5 Å². The summed E-state index contributed by atoms with van der Waals surface area (Å²) in [5.74, 6) is 1.07. The van der Waals surface area contributed by atoms with E-state index < -0.39 is 0 Å². The molecule has 1 amide bonds. The SMILES string of the molecule is CN1CC(CN2CCOC2=O)C[C@@H]2c3cccc4[nH]cc(c34)C[C@H]21. The van der Waals surface area contributed by atoms with E-state index in [1.165, 1.54) is 22.0 Å². The predicted molar refractivity (Wildman–Crippen MR) is 92.2 cm³/mol. The number of hydrogen-bond acceptors (Lipinski definition) is 3. The van der Waals surface area contributed by atoms with Gasteiger partial charge < -0.3 is 19.5 Å². The summed E-state index contributed by atoms with van der Waals surface area (Å²) >= 11 is 0. The Hall–Kier alpha value is -2.01. The average molecular weight is 325 g/mol. The van der Waals surface area contributed by atoms with Crippen molar-refractivity contribution in [1.29, 1.82) is 0 Å². The number of piperidine rings is 1. The molecule has 2 aliphatic heterocycles. The Morgan fingerprint density at radius 2 is 2.29 bits per heavy atom. The molecule has 5 nitrogen and oxygen atoms in total. The largest absolute Gasteiger partial charge is 0.448 e. The second-order valence-electron chi connectivity index (χ2n) is 7.56. The number of carbonyl (C=O) groups excluding carboxylic acids is 1. The highest BCUT2D eigenvalue weighted by atomic mass is 16.6. The van der Waals surface area contributed by atoms with Crippen molar-refractivity contribution in [3.8, 4) is 0 Å². The van der Waals surface area contributed by atoms with Crippen LogP contribution >= 0.6 is 0 Å². The Labute approximate surface area is 141 Å². The lowest BCUT2D eigenvalue weighted by Crippen LogP contribution is -2.50. The Morgan fingerprint density at radius 1 is 1.38 bits per heavy atom. The van der Waals surface area contributed by atoms with Crippen LogP contribution in [0.25, 0.3) is 10.9 Å². The molecule has 1 aromatic heterocycles. The number of ether oxygens (including phenoxy) is 1. The van der Waals surface area contributed by atoms with Crippen molar-refractivity contribution in [2.24, 2.45) is 5.92 Å². The fraction of sp³-hybridized carbons (Fsp3) is 0.526. The minimum Gasteiger partial charge on any atom is -0.448 e. The summed E-state index contributed by atoms with van der Waals surface area (Å²) in [6.07, 6.45) is 4.32. The van der Waals surface area contributed by atoms with Crippen LogP contribution in [0.4, 0.5) is 4.79 Å². The third-order valence-electron chi connectivity index (χ3n) is 6.14. The van der Waals surface area contributed by atoms with Crippen LogP contribution in [0, 0.1) is 5.92 Å². The van der Waals surface area contributed by atoms with E-state index in [1.54, 1.807) is 0 Å². The van der Waals surface area contributed by atoms with Gasteiger partial charge in [0, 0.05) is 42.1 Å². The molecule has 5 rings (SSSR count). The van der Waals surface area contributed by atoms with Gasteiger partial charge in [0.15, 0.2) is 0 Å². The number of amides is 1. The fourth-order valence-electron chi connectivity index (χ4n) is 5.09. The maximum absolute atomic E-state index is 11.8. The molecule has 126 valence electrons. The van der Waals surface area contributed by atoms with Gasteiger partial charge in [0.2, 0.25) is 0 Å². The third kappa shape index (κ3) is 2.07. The first-order chi connectivity index (χ1) is 11.7. The third-order valence-corrected chi connectivity index (χ3v) is 6.14. The standard InChI is InChI=1S/C19H23N3O2/c1-21-10-12(11-22-5-6-24-19(22)23)7-15-14-3-2-4-16-18(14)13(9-20-16)8-17(15)21/h2-4,9,12,15,17,20H,5-8,10-11H2,1H3/t12?,15-,17-/m1/s1. The van der Waals surface area contributed by atoms with Gasteiger partial charge in [-0.25, -0.2) is 4.79 Å². The van der Waals surface area contributed by atoms with Crippen molar-refractivity contribution < 1.29 is 9.53 Å². The molecular weight excluding hydrogens is 302 g/mol. The molecule has 2 fully saturated rings. The minimum absolute atomic E-state index is 0.140. The summed E-state index contributed by atoms with van der Waals surface area (Å²) in [6, 6.07) is 7.21. The van der Waals surface area contributed by atoms with Gasteiger partial charge in [-0.15, -0.1) is 0 Å². The van der Waals surface area contributed by atoms with Crippen molar-refractivity contribution in [2.45, 2.75) is 24.8 Å². The molecule has 0 radical (unpaired) electrons. The quantitative estimate of drug-likeness (QED) is 0.923. The Morgan fingerprint density at radius 3 is 3.12 bits per heavy atom. The van der Waals surface area contributed by atoms with E-state index in [0.29, 0.717) is 24.5 Å². The van der Waals surface area contributed by atoms with Crippen LogP contribution in [-0.2, 0) is 11.2 Å². The second-order valence-corrected chi connectivity index (χ2v) is 7.56. The monoisotopic (exact) mass is 325 g/mol. The fourth-order valence-corrected chi connectivity index (χ4v) is 5.09. The van der Waals surface area contributed by atoms with E-state index >= 15 is 0 Å². The molecule has 3 heterocycles. The molecule has 3 atom stereocenters. The molecule has 1 aliphatic carbocycles. The van der Waals surface area contributed by atoms with Crippen LogP contribution in [0.5, 0.6) is 0 Å². The molecule has 2 saturated heterocycles. The highest BCUT2D eigenvalue weighted by Gasteiger charge is 2.40. The van der Waals surface area contributed by atoms with Crippen LogP contribution in [0.2, 0.25) is 0 Å². The smallest absolute Gasteiger partial charge is 0.409 e. The lowest BCUT2D eigenvalue weighted by molar-refractivity contribution is 0.0933. The summed E-state index contributed by atoms with van der Waals surface area (Å²) in [6.45, 7) is 3.16. The van der Waals surface area contributed by atoms with Crippen molar-refractivity contribution in [3.63, 3.8) is 0 Å². The molecule has 1 unspecified atom stereocenters. The summed E-state index contributed by atoms with van der Waals surface area (Å²) in [4.78, 5) is 19.6. The molecule has 0 bridgehead atoms. The molecular formula is C19H23N3O2. The molecule has 1 aromatic carbocycles. The van der Waals surface area contributed by atoms with Gasteiger partial charge in [0.05, 0.1) is 6.54 Å². The maximum atomic E-state index is 11.8. The van der Waals surface area contributed by atoms with Crippen molar-refractivity contribution in [2.75, 3.05) is 33.3 Å². The first-order valence-corrected chi connectivity index (χ1v) is 8.91. The maximum Gasteiger partial charge on any atom is 0.409 e. The van der Waals surface area contributed by atoms with Gasteiger partial charge >= 0.3 is 6.09 Å². The number of fused-ring (bicyclic) bond motifs is 2. The first-order valence-electron chi connectivity index (χ1n) is 8.91. The zero-order chi connectivity index (χ0) is 16.3.